The van der Waals surface area contributed by atoms with E-state index in [4.69, 9.17) is 11.6 Å². The summed E-state index contributed by atoms with van der Waals surface area (Å²) < 4.78 is 104. The van der Waals surface area contributed by atoms with Gasteiger partial charge in [-0.3, -0.25) is 4.79 Å². The van der Waals surface area contributed by atoms with Crippen molar-refractivity contribution in [1.29, 1.82) is 0 Å². The fraction of sp³-hybridized carbons (Fsp3) is 0.190. The predicted molar refractivity (Wildman–Crippen MR) is 109 cm³/mol. The zero-order valence-electron chi connectivity index (χ0n) is 16.8. The van der Waals surface area contributed by atoms with Crippen LogP contribution in [0.2, 0.25) is 5.02 Å². The SMILES string of the molecule is Cc1c(C(=O)C(F)(F)F)cc(-c2ccc(S(C)(=O)=O)cc2)n1-c1cc(C(F)(F)F)ccc1Cl. The molecule has 0 saturated heterocycles. The van der Waals surface area contributed by atoms with Crippen LogP contribution in [-0.2, 0) is 16.0 Å². The van der Waals surface area contributed by atoms with E-state index in [1.165, 1.54) is 24.3 Å². The Morgan fingerprint density at radius 1 is 0.939 bits per heavy atom. The van der Waals surface area contributed by atoms with E-state index in [0.29, 0.717) is 12.1 Å². The molecule has 0 aliphatic rings. The van der Waals surface area contributed by atoms with Gasteiger partial charge in [-0.15, -0.1) is 0 Å². The number of halogens is 7. The molecule has 176 valence electrons. The van der Waals surface area contributed by atoms with Gasteiger partial charge in [-0.2, -0.15) is 26.3 Å². The summed E-state index contributed by atoms with van der Waals surface area (Å²) in [4.78, 5) is 11.9. The third-order valence-electron chi connectivity index (χ3n) is 4.84. The maximum absolute atomic E-state index is 13.3. The lowest BCUT2D eigenvalue weighted by molar-refractivity contribution is -0.137. The first-order chi connectivity index (χ1) is 15.0. The molecular weight excluding hydrogens is 496 g/mol. The van der Waals surface area contributed by atoms with Crippen molar-refractivity contribution in [2.24, 2.45) is 0 Å². The summed E-state index contributed by atoms with van der Waals surface area (Å²) in [6, 6.07) is 8.12. The standard InChI is InChI=1S/C21H14ClF6NO3S/c1-11-15(19(30)21(26,27)28)10-17(12-3-6-14(7-4-12)33(2,31)32)29(11)18-9-13(20(23,24)25)5-8-16(18)22/h3-10H,1-2H3. The van der Waals surface area contributed by atoms with Gasteiger partial charge in [0.25, 0.3) is 5.78 Å². The third kappa shape index (κ3) is 4.93. The van der Waals surface area contributed by atoms with E-state index < -0.39 is 39.1 Å². The van der Waals surface area contributed by atoms with Crippen LogP contribution in [0.1, 0.15) is 21.6 Å². The number of ketones is 1. The van der Waals surface area contributed by atoms with Gasteiger partial charge in [-0.05, 0) is 48.9 Å². The highest BCUT2D eigenvalue weighted by Crippen LogP contribution is 2.38. The number of benzene rings is 2. The Bertz CT molecular complexity index is 1340. The smallest absolute Gasteiger partial charge is 0.312 e. The molecule has 1 aromatic heterocycles. The van der Waals surface area contributed by atoms with Crippen molar-refractivity contribution in [3.8, 4) is 16.9 Å². The first-order valence-corrected chi connectivity index (χ1v) is 11.3. The van der Waals surface area contributed by atoms with Gasteiger partial charge in [0, 0.05) is 17.5 Å². The van der Waals surface area contributed by atoms with Gasteiger partial charge in [0.15, 0.2) is 9.84 Å². The van der Waals surface area contributed by atoms with Crippen LogP contribution in [0.25, 0.3) is 16.9 Å². The Morgan fingerprint density at radius 2 is 1.52 bits per heavy atom. The summed E-state index contributed by atoms with van der Waals surface area (Å²) in [5.41, 5.74) is -2.40. The second-order valence-corrected chi connectivity index (χ2v) is 9.57. The molecule has 33 heavy (non-hydrogen) atoms. The topological polar surface area (TPSA) is 56.1 Å². The van der Waals surface area contributed by atoms with Crippen molar-refractivity contribution < 1.29 is 39.6 Å². The average molecular weight is 510 g/mol. The van der Waals surface area contributed by atoms with Crippen molar-refractivity contribution >= 4 is 27.2 Å². The molecule has 0 atom stereocenters. The largest absolute Gasteiger partial charge is 0.454 e. The van der Waals surface area contributed by atoms with Gasteiger partial charge in [-0.25, -0.2) is 8.42 Å². The van der Waals surface area contributed by atoms with E-state index in [1.54, 1.807) is 0 Å². The van der Waals surface area contributed by atoms with Gasteiger partial charge in [0.05, 0.1) is 26.9 Å². The molecular formula is C21H14ClF6NO3S. The Labute approximate surface area is 189 Å². The van der Waals surface area contributed by atoms with Crippen molar-refractivity contribution in [1.82, 2.24) is 4.57 Å². The fourth-order valence-electron chi connectivity index (χ4n) is 3.25. The Hall–Kier alpha value is -2.79. The number of Topliss-reactive ketones (excluding diaryl/α,β-unsaturated/α-hetero) is 1. The molecule has 0 amide bonds. The lowest BCUT2D eigenvalue weighted by Gasteiger charge is -2.16. The van der Waals surface area contributed by atoms with E-state index in [0.717, 1.165) is 29.9 Å². The van der Waals surface area contributed by atoms with E-state index in [1.807, 2.05) is 0 Å². The first-order valence-electron chi connectivity index (χ1n) is 9.03. The Morgan fingerprint density at radius 3 is 2.00 bits per heavy atom. The van der Waals surface area contributed by atoms with Gasteiger partial charge >= 0.3 is 12.4 Å². The summed E-state index contributed by atoms with van der Waals surface area (Å²) >= 11 is 6.10. The number of nitrogens with zero attached hydrogens (tertiary/aromatic N) is 1. The van der Waals surface area contributed by atoms with Crippen LogP contribution in [0.4, 0.5) is 26.3 Å². The first kappa shape index (κ1) is 24.8. The van der Waals surface area contributed by atoms with E-state index in [-0.39, 0.29) is 32.6 Å². The monoisotopic (exact) mass is 509 g/mol. The molecule has 0 unspecified atom stereocenters. The summed E-state index contributed by atoms with van der Waals surface area (Å²) in [5.74, 6) is -2.18. The Kier molecular flexibility index (Phi) is 6.18. The quantitative estimate of drug-likeness (QED) is 0.307. The molecule has 0 saturated carbocycles. The molecule has 3 rings (SSSR count). The summed E-state index contributed by atoms with van der Waals surface area (Å²) in [5, 5.41) is -0.207. The molecule has 2 aromatic carbocycles. The number of hydrogen-bond acceptors (Lipinski definition) is 3. The molecule has 0 aliphatic heterocycles. The van der Waals surface area contributed by atoms with E-state index in [2.05, 4.69) is 0 Å². The number of alkyl halides is 6. The molecule has 4 nitrogen and oxygen atoms in total. The van der Waals surface area contributed by atoms with Gasteiger partial charge < -0.3 is 4.57 Å². The van der Waals surface area contributed by atoms with Crippen LogP contribution in [0.15, 0.2) is 53.4 Å². The highest BCUT2D eigenvalue weighted by Gasteiger charge is 2.41. The highest BCUT2D eigenvalue weighted by molar-refractivity contribution is 7.90. The maximum Gasteiger partial charge on any atom is 0.454 e. The van der Waals surface area contributed by atoms with E-state index >= 15 is 0 Å². The van der Waals surface area contributed by atoms with Crippen LogP contribution >= 0.6 is 11.6 Å². The number of carbonyl (C=O) groups excluding carboxylic acids is 1. The second kappa shape index (κ2) is 8.21. The van der Waals surface area contributed by atoms with Crippen LogP contribution in [0, 0.1) is 6.92 Å². The molecule has 1 heterocycles. The number of hydrogen-bond donors (Lipinski definition) is 0. The number of rotatable bonds is 4. The van der Waals surface area contributed by atoms with E-state index in [9.17, 15) is 39.6 Å². The zero-order chi connectivity index (χ0) is 24.9. The Balaban J connectivity index is 2.34. The second-order valence-electron chi connectivity index (χ2n) is 7.15. The molecule has 0 aliphatic carbocycles. The average Bonchev–Trinajstić information content (AvgIpc) is 3.02. The highest BCUT2D eigenvalue weighted by atomic mass is 35.5. The van der Waals surface area contributed by atoms with Crippen molar-refractivity contribution in [3.63, 3.8) is 0 Å². The molecule has 0 spiro atoms. The number of sulfone groups is 1. The minimum Gasteiger partial charge on any atom is -0.312 e. The fourth-order valence-corrected chi connectivity index (χ4v) is 4.08. The van der Waals surface area contributed by atoms with Crippen LogP contribution in [0.5, 0.6) is 0 Å². The van der Waals surface area contributed by atoms with Crippen molar-refractivity contribution in [2.75, 3.05) is 6.26 Å². The van der Waals surface area contributed by atoms with Crippen LogP contribution < -0.4 is 0 Å². The lowest BCUT2D eigenvalue weighted by Crippen LogP contribution is -2.23. The van der Waals surface area contributed by atoms with Crippen molar-refractivity contribution in [2.45, 2.75) is 24.2 Å². The minimum atomic E-state index is -5.23. The number of carbonyl (C=O) groups is 1. The predicted octanol–water partition coefficient (Wildman–Crippen LogP) is 6.27. The van der Waals surface area contributed by atoms with Gasteiger partial charge in [0.1, 0.15) is 0 Å². The molecule has 0 N–H and O–H groups in total. The molecule has 0 fully saturated rings. The summed E-state index contributed by atoms with van der Waals surface area (Å²) in [7, 11) is -3.58. The van der Waals surface area contributed by atoms with Gasteiger partial charge in [-0.1, -0.05) is 23.7 Å². The molecule has 0 radical (unpaired) electrons. The summed E-state index contributed by atoms with van der Waals surface area (Å²) in [6.45, 7) is 1.14. The lowest BCUT2D eigenvalue weighted by atomic mass is 10.1. The number of aromatic nitrogens is 1. The molecule has 0 bridgehead atoms. The normalized spacial score (nSPS) is 12.8. The minimum absolute atomic E-state index is 0.0789. The third-order valence-corrected chi connectivity index (χ3v) is 6.29. The molecule has 3 aromatic rings. The summed E-state index contributed by atoms with van der Waals surface area (Å²) in [6.07, 6.45) is -9.04. The van der Waals surface area contributed by atoms with Crippen LogP contribution in [0.3, 0.4) is 0 Å². The van der Waals surface area contributed by atoms with Gasteiger partial charge in [0.2, 0.25) is 0 Å². The zero-order valence-corrected chi connectivity index (χ0v) is 18.4. The van der Waals surface area contributed by atoms with Crippen molar-refractivity contribution in [3.05, 3.63) is 70.4 Å². The molecule has 12 heteroatoms. The maximum atomic E-state index is 13.3. The van der Waals surface area contributed by atoms with Crippen LogP contribution in [-0.4, -0.2) is 31.2 Å².